The molecule has 0 amide bonds. The predicted molar refractivity (Wildman–Crippen MR) is 104 cm³/mol. The van der Waals surface area contributed by atoms with Crippen LogP contribution in [0.25, 0.3) is 0 Å². The number of benzene rings is 2. The molecule has 132 valence electrons. The van der Waals surface area contributed by atoms with Crippen LogP contribution in [0.5, 0.6) is 11.5 Å². The van der Waals surface area contributed by atoms with Crippen molar-refractivity contribution in [3.63, 3.8) is 0 Å². The quantitative estimate of drug-likeness (QED) is 0.602. The van der Waals surface area contributed by atoms with E-state index in [1.807, 2.05) is 54.9 Å². The van der Waals surface area contributed by atoms with Gasteiger partial charge in [-0.15, -0.1) is 0 Å². The zero-order chi connectivity index (χ0) is 17.6. The number of piperidine rings is 1. The van der Waals surface area contributed by atoms with Gasteiger partial charge in [0.05, 0.1) is 0 Å². The molecule has 1 aliphatic heterocycles. The Morgan fingerprint density at radius 2 is 1.81 bits per heavy atom. The Balaban J connectivity index is 1.49. The molecule has 3 nitrogen and oxygen atoms in total. The molecule has 1 saturated heterocycles. The van der Waals surface area contributed by atoms with Gasteiger partial charge in [0.1, 0.15) is 11.5 Å². The van der Waals surface area contributed by atoms with E-state index in [9.17, 15) is 0 Å². The van der Waals surface area contributed by atoms with Crippen LogP contribution < -0.4 is 4.74 Å². The number of nitrogens with zero attached hydrogens (tertiary/aromatic N) is 2. The van der Waals surface area contributed by atoms with E-state index in [1.54, 1.807) is 0 Å². The van der Waals surface area contributed by atoms with Crippen molar-refractivity contribution in [2.75, 3.05) is 6.54 Å². The van der Waals surface area contributed by atoms with E-state index < -0.39 is 0 Å². The molecule has 0 saturated carbocycles. The lowest BCUT2D eigenvalue weighted by Crippen LogP contribution is -2.32. The van der Waals surface area contributed by atoms with Crippen molar-refractivity contribution >= 4 is 0 Å². The van der Waals surface area contributed by atoms with Crippen LogP contribution in [0.1, 0.15) is 36.4 Å². The van der Waals surface area contributed by atoms with Crippen LogP contribution in [-0.2, 0) is 6.54 Å². The molecule has 3 aromatic rings. The van der Waals surface area contributed by atoms with Crippen LogP contribution in [0.15, 0.2) is 79.1 Å². The van der Waals surface area contributed by atoms with Gasteiger partial charge in [-0.2, -0.15) is 0 Å². The summed E-state index contributed by atoms with van der Waals surface area (Å²) in [4.78, 5) is 6.89. The highest BCUT2D eigenvalue weighted by atomic mass is 16.5. The first kappa shape index (κ1) is 16.8. The first-order valence-electron chi connectivity index (χ1n) is 9.34. The Bertz CT molecular complexity index is 820. The van der Waals surface area contributed by atoms with E-state index in [-0.39, 0.29) is 0 Å². The smallest absolute Gasteiger partial charge is 0.127 e. The summed E-state index contributed by atoms with van der Waals surface area (Å²) >= 11 is 0. The number of ether oxygens (including phenoxy) is 1. The fourth-order valence-corrected chi connectivity index (χ4v) is 3.70. The van der Waals surface area contributed by atoms with E-state index in [2.05, 4.69) is 34.1 Å². The summed E-state index contributed by atoms with van der Waals surface area (Å²) in [6.45, 7) is 2.06. The van der Waals surface area contributed by atoms with Crippen molar-refractivity contribution in [2.24, 2.45) is 0 Å². The number of rotatable bonds is 5. The second-order valence-electron chi connectivity index (χ2n) is 6.83. The average molecular weight is 344 g/mol. The summed E-state index contributed by atoms with van der Waals surface area (Å²) in [5.74, 6) is 1.76. The highest BCUT2D eigenvalue weighted by Crippen LogP contribution is 2.32. The molecule has 0 N–H and O–H groups in total. The van der Waals surface area contributed by atoms with Crippen molar-refractivity contribution < 1.29 is 4.74 Å². The van der Waals surface area contributed by atoms with Crippen LogP contribution in [0.3, 0.4) is 0 Å². The minimum Gasteiger partial charge on any atom is -0.457 e. The lowest BCUT2D eigenvalue weighted by atomic mass is 9.96. The van der Waals surface area contributed by atoms with E-state index in [0.717, 1.165) is 24.6 Å². The molecule has 2 aromatic carbocycles. The van der Waals surface area contributed by atoms with Gasteiger partial charge in [0.15, 0.2) is 0 Å². The summed E-state index contributed by atoms with van der Waals surface area (Å²) in [6.07, 6.45) is 7.61. The molecule has 26 heavy (non-hydrogen) atoms. The number of hydrogen-bond acceptors (Lipinski definition) is 3. The lowest BCUT2D eigenvalue weighted by Gasteiger charge is -2.36. The van der Waals surface area contributed by atoms with Crippen LogP contribution in [0.2, 0.25) is 0 Å². The number of hydrogen-bond donors (Lipinski definition) is 0. The Kier molecular flexibility index (Phi) is 5.27. The zero-order valence-electron chi connectivity index (χ0n) is 14.9. The highest BCUT2D eigenvalue weighted by Gasteiger charge is 2.24. The van der Waals surface area contributed by atoms with Gasteiger partial charge in [-0.3, -0.25) is 9.88 Å². The van der Waals surface area contributed by atoms with Gasteiger partial charge in [-0.25, -0.2) is 0 Å². The van der Waals surface area contributed by atoms with Gasteiger partial charge in [0.25, 0.3) is 0 Å². The molecule has 0 radical (unpaired) electrons. The van der Waals surface area contributed by atoms with Crippen LogP contribution in [0.4, 0.5) is 0 Å². The first-order chi connectivity index (χ1) is 12.9. The number of likely N-dealkylation sites (tertiary alicyclic amines) is 1. The summed E-state index contributed by atoms with van der Waals surface area (Å²) in [5, 5.41) is 0. The van der Waals surface area contributed by atoms with E-state index in [0.29, 0.717) is 6.04 Å². The maximum Gasteiger partial charge on any atom is 0.127 e. The minimum absolute atomic E-state index is 0.455. The Morgan fingerprint density at radius 1 is 0.923 bits per heavy atom. The molecular formula is C23H24N2O. The summed E-state index contributed by atoms with van der Waals surface area (Å²) in [5.41, 5.74) is 2.61. The van der Waals surface area contributed by atoms with Crippen molar-refractivity contribution in [1.82, 2.24) is 9.88 Å². The van der Waals surface area contributed by atoms with Crippen molar-refractivity contribution in [1.29, 1.82) is 0 Å². The topological polar surface area (TPSA) is 25.4 Å². The second kappa shape index (κ2) is 8.15. The fraction of sp³-hybridized carbons (Fsp3) is 0.261. The van der Waals surface area contributed by atoms with E-state index in [1.165, 1.54) is 30.4 Å². The van der Waals surface area contributed by atoms with E-state index in [4.69, 9.17) is 4.74 Å². The fourth-order valence-electron chi connectivity index (χ4n) is 3.70. The monoisotopic (exact) mass is 344 g/mol. The maximum absolute atomic E-state index is 5.99. The van der Waals surface area contributed by atoms with Gasteiger partial charge in [0, 0.05) is 25.0 Å². The normalized spacial score (nSPS) is 17.8. The summed E-state index contributed by atoms with van der Waals surface area (Å²) in [6, 6.07) is 23.1. The first-order valence-corrected chi connectivity index (χ1v) is 9.34. The predicted octanol–water partition coefficient (Wildman–Crippen LogP) is 5.60. The molecule has 1 atom stereocenters. The molecule has 0 aliphatic carbocycles. The number of aromatic nitrogens is 1. The standard InChI is InChI=1S/C23H24N2O/c1-2-10-21(11-3-1)26-22-12-6-8-19(16-22)18-25-15-5-4-13-23(25)20-9-7-14-24-17-20/h1-3,6-12,14,16-17,23H,4-5,13,15,18H2/t23-/m0/s1. The van der Waals surface area contributed by atoms with Gasteiger partial charge in [0.2, 0.25) is 0 Å². The van der Waals surface area contributed by atoms with Gasteiger partial charge in [-0.05, 0) is 60.8 Å². The molecule has 1 aliphatic rings. The molecule has 2 heterocycles. The third kappa shape index (κ3) is 4.12. The summed E-state index contributed by atoms with van der Waals surface area (Å²) < 4.78 is 5.99. The molecule has 3 heteroatoms. The molecule has 0 bridgehead atoms. The Hall–Kier alpha value is -2.65. The average Bonchev–Trinajstić information content (AvgIpc) is 2.70. The Labute approximate surface area is 155 Å². The molecular weight excluding hydrogens is 320 g/mol. The van der Waals surface area contributed by atoms with Crippen LogP contribution >= 0.6 is 0 Å². The van der Waals surface area contributed by atoms with Crippen LogP contribution in [-0.4, -0.2) is 16.4 Å². The lowest BCUT2D eigenvalue weighted by molar-refractivity contribution is 0.140. The molecule has 1 aromatic heterocycles. The molecule has 4 rings (SSSR count). The third-order valence-electron chi connectivity index (χ3n) is 4.95. The van der Waals surface area contributed by atoms with E-state index >= 15 is 0 Å². The minimum atomic E-state index is 0.455. The number of para-hydroxylation sites is 1. The number of pyridine rings is 1. The van der Waals surface area contributed by atoms with Gasteiger partial charge >= 0.3 is 0 Å². The molecule has 0 unspecified atom stereocenters. The van der Waals surface area contributed by atoms with Gasteiger partial charge in [-0.1, -0.05) is 42.8 Å². The zero-order valence-corrected chi connectivity index (χ0v) is 14.9. The molecule has 0 spiro atoms. The van der Waals surface area contributed by atoms with Crippen molar-refractivity contribution in [3.8, 4) is 11.5 Å². The van der Waals surface area contributed by atoms with Crippen LogP contribution in [0, 0.1) is 0 Å². The SMILES string of the molecule is c1ccc(Oc2cccc(CN3CCCC[C@H]3c3cccnc3)c2)cc1. The highest BCUT2D eigenvalue weighted by molar-refractivity contribution is 5.34. The van der Waals surface area contributed by atoms with Gasteiger partial charge < -0.3 is 4.74 Å². The largest absolute Gasteiger partial charge is 0.457 e. The second-order valence-corrected chi connectivity index (χ2v) is 6.83. The molecule has 1 fully saturated rings. The van der Waals surface area contributed by atoms with Crippen molar-refractivity contribution in [2.45, 2.75) is 31.8 Å². The maximum atomic E-state index is 5.99. The summed E-state index contributed by atoms with van der Waals surface area (Å²) in [7, 11) is 0. The van der Waals surface area contributed by atoms with Crippen molar-refractivity contribution in [3.05, 3.63) is 90.3 Å². The Morgan fingerprint density at radius 3 is 2.65 bits per heavy atom. The third-order valence-corrected chi connectivity index (χ3v) is 4.95.